The van der Waals surface area contributed by atoms with Gasteiger partial charge in [0, 0.05) is 12.6 Å². The Kier molecular flexibility index (Phi) is 3.16. The van der Waals surface area contributed by atoms with Crippen molar-refractivity contribution in [2.75, 3.05) is 28.4 Å². The molecule has 7 nitrogen and oxygen atoms in total. The molecule has 1 aromatic heterocycles. The van der Waals surface area contributed by atoms with Gasteiger partial charge >= 0.3 is 0 Å². The highest BCUT2D eigenvalue weighted by molar-refractivity contribution is 7.91. The van der Waals surface area contributed by atoms with E-state index in [0.717, 1.165) is 0 Å². The molecule has 1 saturated heterocycles. The van der Waals surface area contributed by atoms with Crippen LogP contribution in [0.5, 0.6) is 0 Å². The van der Waals surface area contributed by atoms with Gasteiger partial charge in [0.25, 0.3) is 0 Å². The molecule has 1 aromatic rings. The van der Waals surface area contributed by atoms with Crippen molar-refractivity contribution < 1.29 is 8.42 Å². The lowest BCUT2D eigenvalue weighted by molar-refractivity contribution is 0.566. The van der Waals surface area contributed by atoms with Gasteiger partial charge in [-0.1, -0.05) is 0 Å². The second-order valence-corrected chi connectivity index (χ2v) is 6.29. The molecule has 1 atom stereocenters. The summed E-state index contributed by atoms with van der Waals surface area (Å²) in [6, 6.07) is -0.101. The highest BCUT2D eigenvalue weighted by atomic mass is 32.2. The van der Waals surface area contributed by atoms with Crippen molar-refractivity contribution in [3.8, 4) is 0 Å². The minimum Gasteiger partial charge on any atom is -0.351 e. The fourth-order valence-corrected chi connectivity index (χ4v) is 3.46. The van der Waals surface area contributed by atoms with Gasteiger partial charge in [0.15, 0.2) is 15.7 Å². The van der Waals surface area contributed by atoms with Crippen LogP contribution in [0.1, 0.15) is 6.92 Å². The third-order valence-electron chi connectivity index (χ3n) is 2.73. The summed E-state index contributed by atoms with van der Waals surface area (Å²) in [7, 11) is -2.92. The normalized spacial score (nSPS) is 23.4. The van der Waals surface area contributed by atoms with Gasteiger partial charge in [0.05, 0.1) is 23.9 Å². The highest BCUT2D eigenvalue weighted by Crippen LogP contribution is 2.19. The standard InChI is InChI=1S/C9H15N5O2S/c1-7-6-17(15,16)3-2-14(7)9-5-11-4-8(12-9)13-10/h4-5,7H,2-3,6,10H2,1H3,(H,12,13). The minimum absolute atomic E-state index is 0.101. The average Bonchev–Trinajstić information content (AvgIpc) is 2.28. The number of aromatic nitrogens is 2. The Morgan fingerprint density at radius 2 is 2.29 bits per heavy atom. The van der Waals surface area contributed by atoms with E-state index in [1.165, 1.54) is 6.20 Å². The van der Waals surface area contributed by atoms with Crippen molar-refractivity contribution in [2.45, 2.75) is 13.0 Å². The Hall–Kier alpha value is -1.41. The van der Waals surface area contributed by atoms with E-state index in [-0.39, 0.29) is 17.5 Å². The van der Waals surface area contributed by atoms with Gasteiger partial charge in [-0.2, -0.15) is 0 Å². The van der Waals surface area contributed by atoms with Crippen LogP contribution in [0.15, 0.2) is 12.4 Å². The molecule has 1 aliphatic rings. The molecule has 0 radical (unpaired) electrons. The van der Waals surface area contributed by atoms with E-state index in [2.05, 4.69) is 15.4 Å². The topological polar surface area (TPSA) is 101 Å². The van der Waals surface area contributed by atoms with Gasteiger partial charge in [-0.15, -0.1) is 0 Å². The Balaban J connectivity index is 2.23. The number of nitrogens with zero attached hydrogens (tertiary/aromatic N) is 3. The predicted molar refractivity (Wildman–Crippen MR) is 65.3 cm³/mol. The molecule has 1 fully saturated rings. The molecule has 17 heavy (non-hydrogen) atoms. The maximum Gasteiger partial charge on any atom is 0.160 e. The number of nitrogens with two attached hydrogens (primary N) is 1. The summed E-state index contributed by atoms with van der Waals surface area (Å²) in [5, 5.41) is 0. The number of hydrazine groups is 1. The first-order chi connectivity index (χ1) is 8.02. The lowest BCUT2D eigenvalue weighted by Gasteiger charge is -2.33. The van der Waals surface area contributed by atoms with Crippen LogP contribution in [-0.2, 0) is 9.84 Å². The summed E-state index contributed by atoms with van der Waals surface area (Å²) in [6.45, 7) is 2.30. The third-order valence-corrected chi connectivity index (χ3v) is 4.53. The maximum atomic E-state index is 11.5. The summed E-state index contributed by atoms with van der Waals surface area (Å²) in [5.74, 6) is 6.66. The molecular formula is C9H15N5O2S. The molecule has 0 spiro atoms. The van der Waals surface area contributed by atoms with Crippen LogP contribution in [-0.4, -0.2) is 42.5 Å². The molecule has 2 rings (SSSR count). The van der Waals surface area contributed by atoms with Crippen LogP contribution in [0, 0.1) is 0 Å². The van der Waals surface area contributed by atoms with E-state index in [0.29, 0.717) is 18.2 Å². The van der Waals surface area contributed by atoms with Crippen LogP contribution in [0.25, 0.3) is 0 Å². The molecular weight excluding hydrogens is 242 g/mol. The van der Waals surface area contributed by atoms with E-state index < -0.39 is 9.84 Å². The first-order valence-corrected chi connectivity index (χ1v) is 7.10. The molecule has 0 bridgehead atoms. The lowest BCUT2D eigenvalue weighted by atomic mass is 10.3. The van der Waals surface area contributed by atoms with Crippen LogP contribution < -0.4 is 16.2 Å². The summed E-state index contributed by atoms with van der Waals surface area (Å²) in [4.78, 5) is 10.2. The summed E-state index contributed by atoms with van der Waals surface area (Å²) < 4.78 is 22.9. The van der Waals surface area contributed by atoms with E-state index in [4.69, 9.17) is 5.84 Å². The van der Waals surface area contributed by atoms with Crippen LogP contribution in [0.4, 0.5) is 11.6 Å². The zero-order chi connectivity index (χ0) is 12.5. The minimum atomic E-state index is -2.92. The second-order valence-electron chi connectivity index (χ2n) is 4.06. The number of nitrogen functional groups attached to an aromatic ring is 1. The monoisotopic (exact) mass is 257 g/mol. The quantitative estimate of drug-likeness (QED) is 0.538. The van der Waals surface area contributed by atoms with Gasteiger partial charge in [-0.05, 0) is 6.92 Å². The zero-order valence-electron chi connectivity index (χ0n) is 9.50. The molecule has 0 saturated carbocycles. The molecule has 94 valence electrons. The zero-order valence-corrected chi connectivity index (χ0v) is 10.3. The fourth-order valence-electron chi connectivity index (χ4n) is 1.90. The van der Waals surface area contributed by atoms with Gasteiger partial charge in [0.1, 0.15) is 5.82 Å². The van der Waals surface area contributed by atoms with Crippen molar-refractivity contribution in [3.05, 3.63) is 12.4 Å². The fraction of sp³-hybridized carbons (Fsp3) is 0.556. The van der Waals surface area contributed by atoms with Crippen LogP contribution in [0.2, 0.25) is 0 Å². The van der Waals surface area contributed by atoms with E-state index in [1.807, 2.05) is 11.8 Å². The Bertz CT molecular complexity index is 504. The van der Waals surface area contributed by atoms with Crippen molar-refractivity contribution in [3.63, 3.8) is 0 Å². The van der Waals surface area contributed by atoms with Crippen molar-refractivity contribution >= 4 is 21.5 Å². The lowest BCUT2D eigenvalue weighted by Crippen LogP contribution is -2.47. The summed E-state index contributed by atoms with van der Waals surface area (Å²) in [5.41, 5.74) is 2.42. The Morgan fingerprint density at radius 3 is 2.94 bits per heavy atom. The van der Waals surface area contributed by atoms with E-state index >= 15 is 0 Å². The van der Waals surface area contributed by atoms with Gasteiger partial charge < -0.3 is 10.3 Å². The van der Waals surface area contributed by atoms with Crippen molar-refractivity contribution in [2.24, 2.45) is 5.84 Å². The maximum absolute atomic E-state index is 11.5. The van der Waals surface area contributed by atoms with E-state index in [9.17, 15) is 8.42 Å². The Labute approximate surface area is 99.9 Å². The third kappa shape index (κ3) is 2.64. The first kappa shape index (κ1) is 12.1. The van der Waals surface area contributed by atoms with Crippen LogP contribution in [0.3, 0.4) is 0 Å². The number of nitrogens with one attached hydrogen (secondary N) is 1. The average molecular weight is 257 g/mol. The highest BCUT2D eigenvalue weighted by Gasteiger charge is 2.29. The number of hydrogen-bond donors (Lipinski definition) is 2. The molecule has 0 amide bonds. The van der Waals surface area contributed by atoms with Crippen molar-refractivity contribution in [1.29, 1.82) is 0 Å². The van der Waals surface area contributed by atoms with Gasteiger partial charge in [-0.3, -0.25) is 4.98 Å². The molecule has 0 aliphatic carbocycles. The second kappa shape index (κ2) is 4.46. The first-order valence-electron chi connectivity index (χ1n) is 5.27. The molecule has 1 unspecified atom stereocenters. The number of rotatable bonds is 2. The molecule has 0 aromatic carbocycles. The van der Waals surface area contributed by atoms with Crippen LogP contribution >= 0.6 is 0 Å². The van der Waals surface area contributed by atoms with E-state index in [1.54, 1.807) is 6.20 Å². The van der Waals surface area contributed by atoms with Crippen molar-refractivity contribution in [1.82, 2.24) is 9.97 Å². The van der Waals surface area contributed by atoms with Gasteiger partial charge in [-0.25, -0.2) is 19.2 Å². The smallest absolute Gasteiger partial charge is 0.160 e. The Morgan fingerprint density at radius 1 is 1.53 bits per heavy atom. The number of anilines is 2. The molecule has 8 heteroatoms. The largest absolute Gasteiger partial charge is 0.351 e. The molecule has 2 heterocycles. The predicted octanol–water partition coefficient (Wildman–Crippen LogP) is -0.614. The van der Waals surface area contributed by atoms with Gasteiger partial charge in [0.2, 0.25) is 0 Å². The summed E-state index contributed by atoms with van der Waals surface area (Å²) >= 11 is 0. The molecule has 1 aliphatic heterocycles. The summed E-state index contributed by atoms with van der Waals surface area (Å²) in [6.07, 6.45) is 3.12. The SMILES string of the molecule is CC1CS(=O)(=O)CCN1c1cncc(NN)n1. The number of sulfone groups is 1. The molecule has 3 N–H and O–H groups in total. The number of hydrogen-bond acceptors (Lipinski definition) is 7.